The predicted octanol–water partition coefficient (Wildman–Crippen LogP) is 4.58. The van der Waals surface area contributed by atoms with Crippen LogP contribution in [0, 0.1) is 0 Å². The fourth-order valence-corrected chi connectivity index (χ4v) is 3.37. The summed E-state index contributed by atoms with van der Waals surface area (Å²) >= 11 is 0. The molecule has 0 bridgehead atoms. The average molecular weight is 277 g/mol. The maximum Gasteiger partial charge on any atom is 0.434 e. The van der Waals surface area contributed by atoms with Gasteiger partial charge in [-0.3, -0.25) is 13.7 Å². The van der Waals surface area contributed by atoms with Crippen molar-refractivity contribution in [1.29, 1.82) is 0 Å². The van der Waals surface area contributed by atoms with Crippen molar-refractivity contribution in [1.82, 2.24) is 4.67 Å². The molecule has 5 heteroatoms. The lowest BCUT2D eigenvalue weighted by molar-refractivity contribution is 0.182. The van der Waals surface area contributed by atoms with Crippen LogP contribution in [0.3, 0.4) is 0 Å². The molecular formula is C13H28NO3P. The van der Waals surface area contributed by atoms with Crippen LogP contribution in [-0.2, 0) is 13.6 Å². The van der Waals surface area contributed by atoms with Crippen LogP contribution >= 0.6 is 7.75 Å². The molecule has 0 spiro atoms. The lowest BCUT2D eigenvalue weighted by atomic mass is 10.2. The van der Waals surface area contributed by atoms with Crippen molar-refractivity contribution in [3.05, 3.63) is 11.8 Å². The average Bonchev–Trinajstić information content (AvgIpc) is 2.28. The zero-order chi connectivity index (χ0) is 14.0. The molecule has 0 heterocycles. The van der Waals surface area contributed by atoms with Crippen LogP contribution in [0.15, 0.2) is 11.8 Å². The van der Waals surface area contributed by atoms with Crippen LogP contribution in [0.2, 0.25) is 0 Å². The van der Waals surface area contributed by atoms with E-state index in [0.29, 0.717) is 19.8 Å². The molecule has 0 aromatic carbocycles. The van der Waals surface area contributed by atoms with E-state index in [1.54, 1.807) is 4.67 Å². The van der Waals surface area contributed by atoms with Crippen molar-refractivity contribution < 1.29 is 13.6 Å². The quantitative estimate of drug-likeness (QED) is 0.432. The van der Waals surface area contributed by atoms with Gasteiger partial charge in [0.25, 0.3) is 0 Å². The molecular weight excluding hydrogens is 249 g/mol. The van der Waals surface area contributed by atoms with E-state index in [0.717, 1.165) is 24.8 Å². The topological polar surface area (TPSA) is 38.8 Å². The number of hydrogen-bond acceptors (Lipinski definition) is 3. The molecule has 0 unspecified atom stereocenters. The Kier molecular flexibility index (Phi) is 9.43. The minimum atomic E-state index is -3.17. The third-order valence-corrected chi connectivity index (χ3v) is 4.41. The maximum absolute atomic E-state index is 12.7. The summed E-state index contributed by atoms with van der Waals surface area (Å²) in [6, 6.07) is 0. The summed E-state index contributed by atoms with van der Waals surface area (Å²) in [5, 5.41) is 0. The van der Waals surface area contributed by atoms with Gasteiger partial charge in [0.15, 0.2) is 0 Å². The van der Waals surface area contributed by atoms with Crippen LogP contribution in [0.4, 0.5) is 0 Å². The first-order valence-corrected chi connectivity index (χ1v) is 8.30. The number of allylic oxidation sites excluding steroid dienone is 1. The van der Waals surface area contributed by atoms with Gasteiger partial charge in [0, 0.05) is 12.7 Å². The molecule has 0 aliphatic carbocycles. The van der Waals surface area contributed by atoms with Crippen molar-refractivity contribution in [2.45, 2.75) is 53.9 Å². The van der Waals surface area contributed by atoms with Gasteiger partial charge in [0.2, 0.25) is 0 Å². The molecule has 0 aliphatic rings. The van der Waals surface area contributed by atoms with Gasteiger partial charge in [-0.1, -0.05) is 25.3 Å². The van der Waals surface area contributed by atoms with E-state index in [9.17, 15) is 4.57 Å². The second kappa shape index (κ2) is 9.60. The van der Waals surface area contributed by atoms with E-state index in [4.69, 9.17) is 9.05 Å². The molecule has 18 heavy (non-hydrogen) atoms. The van der Waals surface area contributed by atoms with E-state index < -0.39 is 7.75 Å². The highest BCUT2D eigenvalue weighted by Crippen LogP contribution is 2.52. The smallest absolute Gasteiger partial charge is 0.292 e. The highest BCUT2D eigenvalue weighted by Gasteiger charge is 2.30. The van der Waals surface area contributed by atoms with Crippen LogP contribution in [0.5, 0.6) is 0 Å². The van der Waals surface area contributed by atoms with Crippen molar-refractivity contribution >= 4 is 7.75 Å². The molecule has 0 aliphatic heterocycles. The first-order valence-electron chi connectivity index (χ1n) is 6.81. The SMILES string of the molecule is CCCCCN(C=C(C)C)P(=O)(OCC)OCC. The highest BCUT2D eigenvalue weighted by molar-refractivity contribution is 7.51. The molecule has 0 fully saturated rings. The van der Waals surface area contributed by atoms with Gasteiger partial charge < -0.3 is 0 Å². The summed E-state index contributed by atoms with van der Waals surface area (Å²) in [5.41, 5.74) is 1.09. The summed E-state index contributed by atoms with van der Waals surface area (Å²) in [7, 11) is -3.17. The van der Waals surface area contributed by atoms with Crippen LogP contribution in [-0.4, -0.2) is 24.4 Å². The zero-order valence-corrected chi connectivity index (χ0v) is 13.3. The first-order chi connectivity index (χ1) is 8.50. The van der Waals surface area contributed by atoms with Crippen molar-refractivity contribution in [3.8, 4) is 0 Å². The number of unbranched alkanes of at least 4 members (excludes halogenated alkanes) is 2. The standard InChI is InChI=1S/C13H28NO3P/c1-6-9-10-11-14(12-13(4)5)18(15,16-7-2)17-8-3/h12H,6-11H2,1-5H3. The minimum absolute atomic E-state index is 0.387. The summed E-state index contributed by atoms with van der Waals surface area (Å²) < 4.78 is 25.2. The summed E-state index contributed by atoms with van der Waals surface area (Å²) in [5.74, 6) is 0. The van der Waals surface area contributed by atoms with Gasteiger partial charge in [-0.25, -0.2) is 4.57 Å². The molecule has 0 aromatic heterocycles. The molecule has 0 atom stereocenters. The van der Waals surface area contributed by atoms with Gasteiger partial charge in [0.05, 0.1) is 13.2 Å². The van der Waals surface area contributed by atoms with E-state index in [-0.39, 0.29) is 0 Å². The van der Waals surface area contributed by atoms with Crippen molar-refractivity contribution in [2.24, 2.45) is 0 Å². The second-order valence-corrected chi connectivity index (χ2v) is 6.35. The lowest BCUT2D eigenvalue weighted by Gasteiger charge is -2.29. The first kappa shape index (κ1) is 17.7. The number of nitrogens with zero attached hydrogens (tertiary/aromatic N) is 1. The molecule has 0 radical (unpaired) electrons. The Hall–Kier alpha value is -0.310. The number of hydrogen-bond donors (Lipinski definition) is 0. The molecule has 4 nitrogen and oxygen atoms in total. The molecule has 0 rings (SSSR count). The van der Waals surface area contributed by atoms with Crippen LogP contribution in [0.1, 0.15) is 53.9 Å². The molecule has 0 saturated heterocycles. The van der Waals surface area contributed by atoms with Crippen LogP contribution in [0.25, 0.3) is 0 Å². The minimum Gasteiger partial charge on any atom is -0.292 e. The summed E-state index contributed by atoms with van der Waals surface area (Å²) in [4.78, 5) is 0. The monoisotopic (exact) mass is 277 g/mol. The molecule has 0 amide bonds. The maximum atomic E-state index is 12.7. The Morgan fingerprint density at radius 3 is 2.06 bits per heavy atom. The van der Waals surface area contributed by atoms with Crippen molar-refractivity contribution in [2.75, 3.05) is 19.8 Å². The molecule has 0 N–H and O–H groups in total. The fourth-order valence-electron chi connectivity index (χ4n) is 1.59. The zero-order valence-electron chi connectivity index (χ0n) is 12.4. The Balaban J connectivity index is 4.86. The highest BCUT2D eigenvalue weighted by atomic mass is 31.2. The summed E-state index contributed by atoms with van der Waals surface area (Å²) in [6.45, 7) is 11.3. The molecule has 0 saturated carbocycles. The van der Waals surface area contributed by atoms with E-state index in [1.807, 2.05) is 33.9 Å². The second-order valence-electron chi connectivity index (χ2n) is 4.38. The largest absolute Gasteiger partial charge is 0.434 e. The van der Waals surface area contributed by atoms with E-state index in [2.05, 4.69) is 6.92 Å². The Morgan fingerprint density at radius 2 is 1.67 bits per heavy atom. The van der Waals surface area contributed by atoms with Gasteiger partial charge in [0.1, 0.15) is 0 Å². The predicted molar refractivity (Wildman–Crippen MR) is 76.5 cm³/mol. The van der Waals surface area contributed by atoms with Gasteiger partial charge in [-0.2, -0.15) is 0 Å². The fraction of sp³-hybridized carbons (Fsp3) is 0.846. The summed E-state index contributed by atoms with van der Waals surface area (Å²) in [6.07, 6.45) is 5.12. The van der Waals surface area contributed by atoms with Gasteiger partial charge in [-0.15, -0.1) is 0 Å². The normalized spacial score (nSPS) is 11.4. The van der Waals surface area contributed by atoms with Crippen molar-refractivity contribution in [3.63, 3.8) is 0 Å². The lowest BCUT2D eigenvalue weighted by Crippen LogP contribution is -2.19. The Morgan fingerprint density at radius 1 is 1.11 bits per heavy atom. The Bertz CT molecular complexity index is 278. The molecule has 108 valence electrons. The van der Waals surface area contributed by atoms with E-state index >= 15 is 0 Å². The Labute approximate surface area is 112 Å². The third-order valence-electron chi connectivity index (χ3n) is 2.30. The number of rotatable bonds is 10. The third kappa shape index (κ3) is 6.58. The van der Waals surface area contributed by atoms with E-state index in [1.165, 1.54) is 0 Å². The van der Waals surface area contributed by atoms with Gasteiger partial charge >= 0.3 is 7.75 Å². The van der Waals surface area contributed by atoms with Gasteiger partial charge in [-0.05, 0) is 34.1 Å². The molecule has 0 aromatic rings. The van der Waals surface area contributed by atoms with Crippen LogP contribution < -0.4 is 0 Å².